The molecule has 0 atom stereocenters. The highest BCUT2D eigenvalue weighted by molar-refractivity contribution is 7.92. The number of carbonyl (C=O) groups is 1. The SMILES string of the molecule is CCOC(=O)C(F)(F)c1ccc(NS(=O)(=O)c2ccc(C)cc2)cc1. The molecule has 0 fully saturated rings. The molecule has 0 spiro atoms. The number of nitrogens with one attached hydrogen (secondary N) is 1. The normalized spacial score (nSPS) is 11.8. The molecule has 8 heteroatoms. The van der Waals surface area contributed by atoms with Crippen LogP contribution in [0.2, 0.25) is 0 Å². The number of halogens is 2. The fourth-order valence-electron chi connectivity index (χ4n) is 2.02. The van der Waals surface area contributed by atoms with Crippen molar-refractivity contribution in [3.05, 3.63) is 59.7 Å². The topological polar surface area (TPSA) is 72.5 Å². The first-order valence-corrected chi connectivity index (χ1v) is 8.90. The molecule has 0 aliphatic rings. The number of hydrogen-bond acceptors (Lipinski definition) is 4. The number of anilines is 1. The Morgan fingerprint density at radius 3 is 2.16 bits per heavy atom. The fraction of sp³-hybridized carbons (Fsp3) is 0.235. The van der Waals surface area contributed by atoms with Crippen molar-refractivity contribution in [2.75, 3.05) is 11.3 Å². The van der Waals surface area contributed by atoms with Gasteiger partial charge in [-0.15, -0.1) is 0 Å². The van der Waals surface area contributed by atoms with Crippen molar-refractivity contribution >= 4 is 21.7 Å². The van der Waals surface area contributed by atoms with Gasteiger partial charge < -0.3 is 4.74 Å². The van der Waals surface area contributed by atoms with Gasteiger partial charge in [0, 0.05) is 11.3 Å². The zero-order chi connectivity index (χ0) is 18.7. The van der Waals surface area contributed by atoms with Gasteiger partial charge in [0.2, 0.25) is 0 Å². The van der Waals surface area contributed by atoms with Crippen LogP contribution in [0.3, 0.4) is 0 Å². The van der Waals surface area contributed by atoms with Crippen molar-refractivity contribution in [1.29, 1.82) is 0 Å². The monoisotopic (exact) mass is 369 g/mol. The van der Waals surface area contributed by atoms with Gasteiger partial charge in [-0.25, -0.2) is 13.2 Å². The molecule has 0 aromatic heterocycles. The predicted octanol–water partition coefficient (Wildman–Crippen LogP) is 3.45. The van der Waals surface area contributed by atoms with Crippen LogP contribution in [0.4, 0.5) is 14.5 Å². The van der Waals surface area contributed by atoms with Crippen LogP contribution in [0, 0.1) is 6.92 Å². The van der Waals surface area contributed by atoms with Crippen LogP contribution >= 0.6 is 0 Å². The summed E-state index contributed by atoms with van der Waals surface area (Å²) in [7, 11) is -3.83. The molecule has 2 aromatic carbocycles. The van der Waals surface area contributed by atoms with Gasteiger partial charge in [-0.2, -0.15) is 8.78 Å². The van der Waals surface area contributed by atoms with Gasteiger partial charge in [-0.05, 0) is 38.1 Å². The molecule has 5 nitrogen and oxygen atoms in total. The largest absolute Gasteiger partial charge is 0.461 e. The Kier molecular flexibility index (Phi) is 5.42. The first-order chi connectivity index (χ1) is 11.7. The third-order valence-corrected chi connectivity index (χ3v) is 4.76. The molecule has 0 aliphatic heterocycles. The number of rotatable bonds is 6. The lowest BCUT2D eigenvalue weighted by atomic mass is 10.1. The zero-order valence-electron chi connectivity index (χ0n) is 13.6. The summed E-state index contributed by atoms with van der Waals surface area (Å²) >= 11 is 0. The molecule has 0 aliphatic carbocycles. The van der Waals surface area contributed by atoms with E-state index in [9.17, 15) is 22.0 Å². The second kappa shape index (κ2) is 7.18. The highest BCUT2D eigenvalue weighted by Crippen LogP contribution is 2.30. The second-order valence-corrected chi connectivity index (χ2v) is 6.97. The number of benzene rings is 2. The molecule has 134 valence electrons. The van der Waals surface area contributed by atoms with E-state index in [1.807, 2.05) is 6.92 Å². The maximum atomic E-state index is 13.9. The van der Waals surface area contributed by atoms with Crippen LogP contribution in [-0.4, -0.2) is 21.0 Å². The lowest BCUT2D eigenvalue weighted by Crippen LogP contribution is -2.28. The summed E-state index contributed by atoms with van der Waals surface area (Å²) in [6, 6.07) is 10.5. The fourth-order valence-corrected chi connectivity index (χ4v) is 3.08. The Morgan fingerprint density at radius 2 is 1.64 bits per heavy atom. The Bertz CT molecular complexity index is 847. The highest BCUT2D eigenvalue weighted by Gasteiger charge is 2.42. The summed E-state index contributed by atoms with van der Waals surface area (Å²) in [5, 5.41) is 0. The quantitative estimate of drug-likeness (QED) is 0.792. The minimum Gasteiger partial charge on any atom is -0.461 e. The number of sulfonamides is 1. The average Bonchev–Trinajstić information content (AvgIpc) is 2.55. The number of alkyl halides is 2. The molecule has 0 saturated heterocycles. The number of hydrogen-bond donors (Lipinski definition) is 1. The van der Waals surface area contributed by atoms with E-state index < -0.39 is 27.5 Å². The van der Waals surface area contributed by atoms with Crippen molar-refractivity contribution in [3.63, 3.8) is 0 Å². The van der Waals surface area contributed by atoms with Crippen molar-refractivity contribution in [1.82, 2.24) is 0 Å². The van der Waals surface area contributed by atoms with Gasteiger partial charge in [0.05, 0.1) is 11.5 Å². The molecule has 0 amide bonds. The first kappa shape index (κ1) is 18.9. The standard InChI is InChI=1S/C17H17F2NO4S/c1-3-24-16(21)17(18,19)13-6-8-14(9-7-13)20-25(22,23)15-10-4-12(2)5-11-15/h4-11,20H,3H2,1-2H3. The molecule has 0 radical (unpaired) electrons. The Hall–Kier alpha value is -2.48. The highest BCUT2D eigenvalue weighted by atomic mass is 32.2. The predicted molar refractivity (Wildman–Crippen MR) is 89.0 cm³/mol. The zero-order valence-corrected chi connectivity index (χ0v) is 14.4. The van der Waals surface area contributed by atoms with Crippen LogP contribution in [0.25, 0.3) is 0 Å². The summed E-state index contributed by atoms with van der Waals surface area (Å²) in [4.78, 5) is 11.4. The summed E-state index contributed by atoms with van der Waals surface area (Å²) < 4.78 is 58.9. The van der Waals surface area contributed by atoms with Crippen LogP contribution in [0.15, 0.2) is 53.4 Å². The maximum Gasteiger partial charge on any atom is 0.381 e. The molecule has 0 unspecified atom stereocenters. The lowest BCUT2D eigenvalue weighted by molar-refractivity contribution is -0.173. The molecule has 0 saturated carbocycles. The molecular weight excluding hydrogens is 352 g/mol. The van der Waals surface area contributed by atoms with Crippen molar-refractivity contribution in [2.45, 2.75) is 24.7 Å². The van der Waals surface area contributed by atoms with E-state index in [1.54, 1.807) is 12.1 Å². The van der Waals surface area contributed by atoms with Crippen molar-refractivity contribution in [3.8, 4) is 0 Å². The lowest BCUT2D eigenvalue weighted by Gasteiger charge is -2.15. The van der Waals surface area contributed by atoms with Gasteiger partial charge in [-0.1, -0.05) is 29.8 Å². The van der Waals surface area contributed by atoms with E-state index in [0.717, 1.165) is 29.8 Å². The molecule has 2 rings (SSSR count). The first-order valence-electron chi connectivity index (χ1n) is 7.42. The summed E-state index contributed by atoms with van der Waals surface area (Å²) in [5.74, 6) is -5.45. The van der Waals surface area contributed by atoms with E-state index in [-0.39, 0.29) is 17.2 Å². The Morgan fingerprint density at radius 1 is 1.08 bits per heavy atom. The van der Waals surface area contributed by atoms with Crippen LogP contribution < -0.4 is 4.72 Å². The van der Waals surface area contributed by atoms with Gasteiger partial charge in [0.1, 0.15) is 0 Å². The maximum absolute atomic E-state index is 13.9. The second-order valence-electron chi connectivity index (χ2n) is 5.29. The van der Waals surface area contributed by atoms with E-state index >= 15 is 0 Å². The summed E-state index contributed by atoms with van der Waals surface area (Å²) in [6.45, 7) is 3.09. The molecule has 2 aromatic rings. The van der Waals surface area contributed by atoms with E-state index in [4.69, 9.17) is 0 Å². The minimum absolute atomic E-state index is 0.0547. The average molecular weight is 369 g/mol. The Balaban J connectivity index is 2.20. The number of ether oxygens (including phenoxy) is 1. The van der Waals surface area contributed by atoms with E-state index in [1.165, 1.54) is 19.1 Å². The molecule has 25 heavy (non-hydrogen) atoms. The van der Waals surface area contributed by atoms with Gasteiger partial charge in [0.25, 0.3) is 10.0 Å². The minimum atomic E-state index is -3.83. The third kappa shape index (κ3) is 4.33. The Labute approximate surface area is 144 Å². The van der Waals surface area contributed by atoms with Crippen LogP contribution in [0.1, 0.15) is 18.1 Å². The number of esters is 1. The van der Waals surface area contributed by atoms with Crippen LogP contribution in [-0.2, 0) is 25.5 Å². The van der Waals surface area contributed by atoms with Crippen LogP contribution in [0.5, 0.6) is 0 Å². The van der Waals surface area contributed by atoms with Crippen molar-refractivity contribution in [2.24, 2.45) is 0 Å². The number of aryl methyl sites for hydroxylation is 1. The molecule has 1 N–H and O–H groups in total. The molecule has 0 heterocycles. The summed E-state index contributed by atoms with van der Waals surface area (Å²) in [5.41, 5.74) is 0.428. The van der Waals surface area contributed by atoms with E-state index in [0.29, 0.717) is 0 Å². The van der Waals surface area contributed by atoms with Gasteiger partial charge in [0.15, 0.2) is 0 Å². The molecule has 0 bridgehead atoms. The van der Waals surface area contributed by atoms with Gasteiger partial charge in [-0.3, -0.25) is 4.72 Å². The van der Waals surface area contributed by atoms with E-state index in [2.05, 4.69) is 9.46 Å². The van der Waals surface area contributed by atoms with Gasteiger partial charge >= 0.3 is 11.9 Å². The third-order valence-electron chi connectivity index (χ3n) is 3.36. The smallest absolute Gasteiger partial charge is 0.381 e. The summed E-state index contributed by atoms with van der Waals surface area (Å²) in [6.07, 6.45) is 0. The van der Waals surface area contributed by atoms with Crippen molar-refractivity contribution < 1.29 is 26.7 Å². The molecular formula is C17H17F2NO4S. The number of carbonyl (C=O) groups excluding carboxylic acids is 1.